The van der Waals surface area contributed by atoms with Crippen molar-refractivity contribution < 1.29 is 71.5 Å². The van der Waals surface area contributed by atoms with Gasteiger partial charge in [0.2, 0.25) is 23.5 Å². The van der Waals surface area contributed by atoms with Gasteiger partial charge in [0.1, 0.15) is 23.7 Å². The van der Waals surface area contributed by atoms with Gasteiger partial charge in [-0.1, -0.05) is 5.21 Å². The van der Waals surface area contributed by atoms with Gasteiger partial charge in [-0.3, -0.25) is 33.6 Å². The summed E-state index contributed by atoms with van der Waals surface area (Å²) in [6, 6.07) is 10.1. The molecule has 34 nitrogen and oxygen atoms in total. The first-order chi connectivity index (χ1) is 44.4. The zero-order valence-corrected chi connectivity index (χ0v) is 52.0. The molecule has 0 aliphatic rings. The zero-order chi connectivity index (χ0) is 65.8. The van der Waals surface area contributed by atoms with Crippen LogP contribution in [0.4, 0.5) is 28.7 Å². The van der Waals surface area contributed by atoms with E-state index in [0.717, 1.165) is 5.75 Å². The van der Waals surface area contributed by atoms with Gasteiger partial charge in [0.25, 0.3) is 29.5 Å². The van der Waals surface area contributed by atoms with Crippen molar-refractivity contribution in [2.75, 3.05) is 139 Å². The maximum atomic E-state index is 13.3. The molecular weight excluding hydrogens is 1200 g/mol. The predicted octanol–water partition coefficient (Wildman–Crippen LogP) is 0.644. The molecule has 0 spiro atoms. The maximum Gasteiger partial charge on any atom is 0.291 e. The van der Waals surface area contributed by atoms with Gasteiger partial charge in [-0.2, -0.15) is 0 Å². The lowest BCUT2D eigenvalue weighted by Crippen LogP contribution is -2.29. The van der Waals surface area contributed by atoms with Crippen molar-refractivity contribution in [1.29, 1.82) is 0 Å². The molecular formula is C58H79N19O15. The summed E-state index contributed by atoms with van der Waals surface area (Å²) in [6.45, 7) is 6.58. The number of amides is 7. The third-order valence-corrected chi connectivity index (χ3v) is 13.3. The molecule has 10 N–H and O–H groups in total. The third-order valence-electron chi connectivity index (χ3n) is 13.3. The van der Waals surface area contributed by atoms with E-state index in [9.17, 15) is 33.6 Å². The average molecular weight is 1280 g/mol. The maximum absolute atomic E-state index is 13.3. The third kappa shape index (κ3) is 22.3. The molecule has 0 bridgehead atoms. The molecule has 34 heteroatoms. The van der Waals surface area contributed by atoms with Crippen molar-refractivity contribution in [3.05, 3.63) is 114 Å². The standard InChI is InChI=1S/C58H79N19O15/c1-72-15-14-61-53(72)57(83)64-40-32-45(73(2)35-40)55(81)62-12-10-48(78)66-47-38-75(4)54(67-47)58(84)65-41-33-46(74(3)36-41)56(82)63-13-11-49(79)68-51-44(76(5)52(69-51)50(60)80)34-42-37-77(71-70-42)16-17-85-18-19-86-20-21-87-22-23-88-24-25-89-26-27-90-28-29-91-30-31-92-43-8-6-39(59)7-9-43/h6-9,14-15,32-33,35-38H,10-13,16-31,34,59H2,1-5H3,(H2,60,80)(H,62,81)(H,63,82)(H,64,83)(H,65,84)(H,66,78)(H,68,79). The van der Waals surface area contributed by atoms with E-state index in [0.29, 0.717) is 128 Å². The molecule has 6 aromatic heterocycles. The lowest BCUT2D eigenvalue weighted by atomic mass is 10.2. The Hall–Kier alpha value is -9.84. The number of hydrogen-bond acceptors (Lipinski definition) is 21. The molecule has 0 fully saturated rings. The van der Waals surface area contributed by atoms with Crippen LogP contribution in [0.5, 0.6) is 5.75 Å². The number of carbonyl (C=O) groups is 7. The number of aromatic nitrogens is 11. The molecule has 7 aromatic rings. The molecule has 6 heterocycles. The lowest BCUT2D eigenvalue weighted by Gasteiger charge is -2.09. The highest BCUT2D eigenvalue weighted by molar-refractivity contribution is 6.04. The summed E-state index contributed by atoms with van der Waals surface area (Å²) in [5, 5.41) is 24.5. The van der Waals surface area contributed by atoms with Gasteiger partial charge in [-0.05, 0) is 36.4 Å². The Bertz CT molecular complexity index is 3550. The average Bonchev–Trinajstić information content (AvgIpc) is 2.19. The fourth-order valence-electron chi connectivity index (χ4n) is 8.69. The van der Waals surface area contributed by atoms with E-state index in [-0.39, 0.29) is 78.5 Å². The van der Waals surface area contributed by atoms with Crippen LogP contribution in [0.3, 0.4) is 0 Å². The minimum Gasteiger partial charge on any atom is -0.491 e. The van der Waals surface area contributed by atoms with Crippen LogP contribution in [0.2, 0.25) is 0 Å². The quantitative estimate of drug-likeness (QED) is 0.0192. The number of nitrogen functional groups attached to an aromatic ring is 1. The number of imidazole rings is 3. The fraction of sp³-hybridized carbons (Fsp3) is 0.448. The van der Waals surface area contributed by atoms with Crippen LogP contribution in [0.1, 0.15) is 77.1 Å². The Morgan fingerprint density at radius 2 is 1.02 bits per heavy atom. The van der Waals surface area contributed by atoms with Crippen LogP contribution in [0, 0.1) is 0 Å². The molecule has 92 heavy (non-hydrogen) atoms. The fourth-order valence-corrected chi connectivity index (χ4v) is 8.69. The molecule has 0 radical (unpaired) electrons. The number of benzene rings is 1. The Kier molecular flexibility index (Phi) is 27.3. The highest BCUT2D eigenvalue weighted by Gasteiger charge is 2.23. The van der Waals surface area contributed by atoms with Gasteiger partial charge in [0, 0.05) is 110 Å². The van der Waals surface area contributed by atoms with E-state index in [1.54, 1.807) is 75.2 Å². The second kappa shape index (κ2) is 36.1. The van der Waals surface area contributed by atoms with Crippen LogP contribution >= 0.6 is 0 Å². The second-order valence-electron chi connectivity index (χ2n) is 20.4. The van der Waals surface area contributed by atoms with Gasteiger partial charge in [-0.25, -0.2) is 19.6 Å². The van der Waals surface area contributed by atoms with Crippen LogP contribution < -0.4 is 48.1 Å². The molecule has 0 atom stereocenters. The molecule has 496 valence electrons. The smallest absolute Gasteiger partial charge is 0.291 e. The number of hydrogen-bond donors (Lipinski definition) is 8. The van der Waals surface area contributed by atoms with E-state index in [1.165, 1.54) is 49.0 Å². The molecule has 0 aliphatic heterocycles. The van der Waals surface area contributed by atoms with Crippen molar-refractivity contribution in [3.63, 3.8) is 0 Å². The second-order valence-corrected chi connectivity index (χ2v) is 20.4. The number of nitrogens with one attached hydrogen (secondary N) is 6. The Morgan fingerprint density at radius 3 is 1.53 bits per heavy atom. The predicted molar refractivity (Wildman–Crippen MR) is 331 cm³/mol. The zero-order valence-electron chi connectivity index (χ0n) is 52.0. The normalized spacial score (nSPS) is 11.2. The van der Waals surface area contributed by atoms with Crippen molar-refractivity contribution >= 4 is 70.0 Å². The SMILES string of the molecule is Cn1cc(NC(=O)c2nccn2C)cc1C(=O)NCCC(=O)Nc1cn(C)c(C(=O)Nc2cc(C(=O)NCCC(=O)Nc3nc(C(N)=O)n(C)c3Cc3cn(CCOCCOCCOCCOCCOCCOCCOCCOc4ccc(N)cc4)nn3)n(C)c2)n1. The molecule has 7 amide bonds. The number of anilines is 5. The monoisotopic (exact) mass is 1280 g/mol. The molecule has 0 saturated carbocycles. The van der Waals surface area contributed by atoms with E-state index in [1.807, 2.05) is 12.1 Å². The van der Waals surface area contributed by atoms with Gasteiger partial charge < -0.3 is 104 Å². The lowest BCUT2D eigenvalue weighted by molar-refractivity contribution is -0.116. The van der Waals surface area contributed by atoms with E-state index < -0.39 is 41.4 Å². The number of rotatable bonds is 42. The molecule has 0 unspecified atom stereocenters. The first-order valence-corrected chi connectivity index (χ1v) is 29.3. The minimum absolute atomic E-state index is 0.0287. The van der Waals surface area contributed by atoms with Crippen molar-refractivity contribution in [2.45, 2.75) is 25.8 Å². The van der Waals surface area contributed by atoms with Crippen LogP contribution in [-0.2, 0) is 91.0 Å². The van der Waals surface area contributed by atoms with Gasteiger partial charge in [-0.15, -0.1) is 5.10 Å². The number of carbonyl (C=O) groups excluding carboxylic acids is 7. The number of nitrogens with two attached hydrogens (primary N) is 2. The number of aryl methyl sites for hydroxylation is 4. The van der Waals surface area contributed by atoms with Crippen molar-refractivity contribution in [3.8, 4) is 5.75 Å². The Morgan fingerprint density at radius 1 is 0.522 bits per heavy atom. The van der Waals surface area contributed by atoms with Gasteiger partial charge >= 0.3 is 0 Å². The first-order valence-electron chi connectivity index (χ1n) is 29.3. The number of primary amides is 1. The largest absolute Gasteiger partial charge is 0.491 e. The summed E-state index contributed by atoms with van der Waals surface area (Å²) in [5.74, 6) is -2.97. The summed E-state index contributed by atoms with van der Waals surface area (Å²) in [4.78, 5) is 103. The van der Waals surface area contributed by atoms with E-state index in [4.69, 9.17) is 49.4 Å². The first kappa shape index (κ1) is 69.6. The van der Waals surface area contributed by atoms with Crippen LogP contribution in [0.25, 0.3) is 0 Å². The summed E-state index contributed by atoms with van der Waals surface area (Å²) < 4.78 is 53.5. The molecule has 7 rings (SSSR count). The highest BCUT2D eigenvalue weighted by Crippen LogP contribution is 2.21. The molecule has 1 aromatic carbocycles. The van der Waals surface area contributed by atoms with E-state index in [2.05, 4.69) is 57.2 Å². The van der Waals surface area contributed by atoms with Gasteiger partial charge in [0.05, 0.1) is 122 Å². The van der Waals surface area contributed by atoms with Gasteiger partial charge in [0.15, 0.2) is 17.5 Å². The highest BCUT2D eigenvalue weighted by atomic mass is 16.6. The van der Waals surface area contributed by atoms with Crippen LogP contribution in [-0.4, -0.2) is 206 Å². The summed E-state index contributed by atoms with van der Waals surface area (Å²) in [6.07, 6.45) is 9.19. The molecule has 0 saturated heterocycles. The Balaban J connectivity index is 0.714. The topological polar surface area (TPSA) is 412 Å². The van der Waals surface area contributed by atoms with Crippen LogP contribution in [0.15, 0.2) is 73.6 Å². The number of ether oxygens (including phenoxy) is 8. The molecule has 0 aliphatic carbocycles. The minimum atomic E-state index is -0.815. The van der Waals surface area contributed by atoms with Crippen molar-refractivity contribution in [1.82, 2.24) is 63.4 Å². The number of nitrogens with zero attached hydrogens (tertiary/aromatic N) is 11. The summed E-state index contributed by atoms with van der Waals surface area (Å²) in [7, 11) is 8.06. The van der Waals surface area contributed by atoms with Crippen molar-refractivity contribution in [2.24, 2.45) is 41.0 Å². The Labute approximate surface area is 528 Å². The van der Waals surface area contributed by atoms with E-state index >= 15 is 0 Å². The summed E-state index contributed by atoms with van der Waals surface area (Å²) in [5.41, 5.74) is 13.9. The summed E-state index contributed by atoms with van der Waals surface area (Å²) >= 11 is 0.